The summed E-state index contributed by atoms with van der Waals surface area (Å²) in [5.41, 5.74) is 3.48. The van der Waals surface area contributed by atoms with Gasteiger partial charge in [-0.1, -0.05) is 35.0 Å². The second-order valence-corrected chi connectivity index (χ2v) is 4.77. The zero-order chi connectivity index (χ0) is 12.4. The van der Waals surface area contributed by atoms with Gasteiger partial charge in [0.15, 0.2) is 4.60 Å². The van der Waals surface area contributed by atoms with Gasteiger partial charge in [0.1, 0.15) is 0 Å². The van der Waals surface area contributed by atoms with Gasteiger partial charge in [-0.05, 0) is 35.5 Å². The van der Waals surface area contributed by atoms with E-state index < -0.39 is 0 Å². The lowest BCUT2D eigenvalue weighted by Crippen LogP contribution is -2.21. The van der Waals surface area contributed by atoms with Crippen LogP contribution in [0, 0.1) is 6.92 Å². The molecule has 1 aromatic heterocycles. The van der Waals surface area contributed by atoms with Crippen molar-refractivity contribution >= 4 is 15.9 Å². The second-order valence-electron chi connectivity index (χ2n) is 4.02. The van der Waals surface area contributed by atoms with Gasteiger partial charge in [-0.25, -0.2) is 4.68 Å². The maximum Gasteiger partial charge on any atom is 0.153 e. The van der Waals surface area contributed by atoms with E-state index >= 15 is 0 Å². The fourth-order valence-corrected chi connectivity index (χ4v) is 2.42. The summed E-state index contributed by atoms with van der Waals surface area (Å²) in [5.74, 6) is 0. The van der Waals surface area contributed by atoms with Gasteiger partial charge >= 0.3 is 0 Å². The van der Waals surface area contributed by atoms with Gasteiger partial charge in [0.25, 0.3) is 0 Å². The fourth-order valence-electron chi connectivity index (χ4n) is 1.87. The van der Waals surface area contributed by atoms with Crippen molar-refractivity contribution in [1.82, 2.24) is 20.3 Å². The highest BCUT2D eigenvalue weighted by Crippen LogP contribution is 2.26. The van der Waals surface area contributed by atoms with Crippen LogP contribution in [0.5, 0.6) is 0 Å². The van der Waals surface area contributed by atoms with Crippen LogP contribution in [0.1, 0.15) is 22.9 Å². The van der Waals surface area contributed by atoms with E-state index in [1.165, 1.54) is 11.1 Å². The van der Waals surface area contributed by atoms with Crippen molar-refractivity contribution in [3.8, 4) is 0 Å². The molecule has 1 heterocycles. The number of rotatable bonds is 3. The maximum atomic E-state index is 4.02. The molecular formula is C12H15BrN4. The van der Waals surface area contributed by atoms with Crippen LogP contribution in [0.15, 0.2) is 28.9 Å². The zero-order valence-corrected chi connectivity index (χ0v) is 11.7. The highest BCUT2D eigenvalue weighted by Gasteiger charge is 2.20. The van der Waals surface area contributed by atoms with Crippen molar-refractivity contribution in [2.45, 2.75) is 13.0 Å². The summed E-state index contributed by atoms with van der Waals surface area (Å²) in [6.07, 6.45) is 0. The summed E-state index contributed by atoms with van der Waals surface area (Å²) in [6.45, 7) is 2.08. The lowest BCUT2D eigenvalue weighted by molar-refractivity contribution is 0.597. The molecule has 90 valence electrons. The van der Waals surface area contributed by atoms with Gasteiger partial charge in [-0.2, -0.15) is 0 Å². The van der Waals surface area contributed by atoms with Gasteiger partial charge < -0.3 is 5.32 Å². The van der Waals surface area contributed by atoms with Crippen molar-refractivity contribution in [2.75, 3.05) is 7.05 Å². The number of nitrogens with one attached hydrogen (secondary N) is 1. The fraction of sp³-hybridized carbons (Fsp3) is 0.333. The molecule has 2 aromatic rings. The Bertz CT molecular complexity index is 484. The summed E-state index contributed by atoms with van der Waals surface area (Å²) in [6, 6.07) is 8.55. The molecule has 5 heteroatoms. The van der Waals surface area contributed by atoms with Gasteiger partial charge in [-0.3, -0.25) is 0 Å². The largest absolute Gasteiger partial charge is 0.308 e. The maximum absolute atomic E-state index is 4.02. The molecule has 0 fully saturated rings. The van der Waals surface area contributed by atoms with Gasteiger partial charge in [-0.15, -0.1) is 5.10 Å². The first-order chi connectivity index (χ1) is 8.13. The Morgan fingerprint density at radius 1 is 1.29 bits per heavy atom. The minimum atomic E-state index is 0.0879. The van der Waals surface area contributed by atoms with Crippen LogP contribution in [-0.4, -0.2) is 22.0 Å². The molecule has 4 nitrogen and oxygen atoms in total. The lowest BCUT2D eigenvalue weighted by atomic mass is 10.0. The third-order valence-corrected chi connectivity index (χ3v) is 3.36. The molecule has 0 saturated carbocycles. The predicted octanol–water partition coefficient (Wildman–Crippen LogP) is 2.19. The minimum Gasteiger partial charge on any atom is -0.308 e. The Morgan fingerprint density at radius 3 is 2.41 bits per heavy atom. The van der Waals surface area contributed by atoms with Crippen molar-refractivity contribution in [2.24, 2.45) is 7.05 Å². The van der Waals surface area contributed by atoms with Crippen LogP contribution >= 0.6 is 15.9 Å². The van der Waals surface area contributed by atoms with Crippen molar-refractivity contribution < 1.29 is 0 Å². The minimum absolute atomic E-state index is 0.0879. The normalized spacial score (nSPS) is 12.7. The van der Waals surface area contributed by atoms with Crippen LogP contribution < -0.4 is 5.32 Å². The standard InChI is InChI=1S/C12H15BrN4/c1-8-4-6-9(7-5-8)10(14-2)11-12(13)15-16-17(11)3/h4-7,10,14H,1-3H3. The van der Waals surface area contributed by atoms with E-state index in [4.69, 9.17) is 0 Å². The van der Waals surface area contributed by atoms with E-state index in [0.717, 1.165) is 10.3 Å². The molecule has 0 aliphatic rings. The first-order valence-corrected chi connectivity index (χ1v) is 6.21. The Kier molecular flexibility index (Phi) is 3.59. The van der Waals surface area contributed by atoms with E-state index in [1.54, 1.807) is 4.68 Å². The first kappa shape index (κ1) is 12.3. The smallest absolute Gasteiger partial charge is 0.153 e. The molecule has 1 atom stereocenters. The number of benzene rings is 1. The van der Waals surface area contributed by atoms with Gasteiger partial charge in [0.2, 0.25) is 0 Å². The molecule has 0 radical (unpaired) electrons. The van der Waals surface area contributed by atoms with E-state index in [9.17, 15) is 0 Å². The van der Waals surface area contributed by atoms with E-state index in [1.807, 2.05) is 14.1 Å². The summed E-state index contributed by atoms with van der Waals surface area (Å²) in [4.78, 5) is 0. The third-order valence-electron chi connectivity index (χ3n) is 2.80. The Labute approximate surface area is 109 Å². The lowest BCUT2D eigenvalue weighted by Gasteiger charge is -2.17. The average Bonchev–Trinajstić information content (AvgIpc) is 2.64. The first-order valence-electron chi connectivity index (χ1n) is 5.42. The average molecular weight is 295 g/mol. The number of hydrogen-bond donors (Lipinski definition) is 1. The van der Waals surface area contributed by atoms with Crippen molar-refractivity contribution in [3.05, 3.63) is 45.7 Å². The molecule has 0 amide bonds. The molecule has 1 unspecified atom stereocenters. The SMILES string of the molecule is CNC(c1ccc(C)cc1)c1c(Br)nnn1C. The Hall–Kier alpha value is -1.20. The molecule has 0 aliphatic heterocycles. The highest BCUT2D eigenvalue weighted by molar-refractivity contribution is 9.10. The molecule has 1 N–H and O–H groups in total. The predicted molar refractivity (Wildman–Crippen MR) is 70.8 cm³/mol. The van der Waals surface area contributed by atoms with Crippen LogP contribution in [0.25, 0.3) is 0 Å². The summed E-state index contributed by atoms with van der Waals surface area (Å²) in [5, 5.41) is 11.3. The molecule has 2 rings (SSSR count). The Morgan fingerprint density at radius 2 is 1.94 bits per heavy atom. The molecule has 0 saturated heterocycles. The van der Waals surface area contributed by atoms with E-state index in [-0.39, 0.29) is 6.04 Å². The topological polar surface area (TPSA) is 42.7 Å². The molecule has 0 bridgehead atoms. The number of nitrogens with zero attached hydrogens (tertiary/aromatic N) is 3. The molecule has 0 aliphatic carbocycles. The Balaban J connectivity index is 2.43. The van der Waals surface area contributed by atoms with Crippen LogP contribution in [0.4, 0.5) is 0 Å². The number of aryl methyl sites for hydroxylation is 2. The van der Waals surface area contributed by atoms with Gasteiger partial charge in [0, 0.05) is 7.05 Å². The summed E-state index contributed by atoms with van der Waals surface area (Å²) >= 11 is 3.44. The number of hydrogen-bond acceptors (Lipinski definition) is 3. The van der Waals surface area contributed by atoms with Crippen LogP contribution in [0.3, 0.4) is 0 Å². The van der Waals surface area contributed by atoms with Crippen molar-refractivity contribution in [3.63, 3.8) is 0 Å². The monoisotopic (exact) mass is 294 g/mol. The van der Waals surface area contributed by atoms with Crippen LogP contribution in [0.2, 0.25) is 0 Å². The van der Waals surface area contributed by atoms with E-state index in [2.05, 4.69) is 62.7 Å². The quantitative estimate of drug-likeness (QED) is 0.944. The number of halogens is 1. The molecule has 0 spiro atoms. The highest BCUT2D eigenvalue weighted by atomic mass is 79.9. The zero-order valence-electron chi connectivity index (χ0n) is 10.1. The third kappa shape index (κ3) is 2.40. The molecule has 17 heavy (non-hydrogen) atoms. The summed E-state index contributed by atoms with van der Waals surface area (Å²) < 4.78 is 2.56. The van der Waals surface area contributed by atoms with Crippen molar-refractivity contribution in [1.29, 1.82) is 0 Å². The van der Waals surface area contributed by atoms with E-state index in [0.29, 0.717) is 0 Å². The van der Waals surface area contributed by atoms with Gasteiger partial charge in [0.05, 0.1) is 11.7 Å². The molecular weight excluding hydrogens is 280 g/mol. The summed E-state index contributed by atoms with van der Waals surface area (Å²) in [7, 11) is 3.83. The van der Waals surface area contributed by atoms with Crippen LogP contribution in [-0.2, 0) is 7.05 Å². The second kappa shape index (κ2) is 4.98. The molecule has 1 aromatic carbocycles. The number of aromatic nitrogens is 3.